The molecule has 1 atom stereocenters. The number of benzene rings is 2. The van der Waals surface area contributed by atoms with Crippen LogP contribution in [0, 0.1) is 11.3 Å². The molecule has 5 rings (SSSR count). The summed E-state index contributed by atoms with van der Waals surface area (Å²) in [6, 6.07) is 14.0. The molecular formula is C28H28N4O3. The minimum Gasteiger partial charge on any atom is -0.490 e. The number of aliphatic hydroxyl groups is 1. The Hall–Kier alpha value is -3.76. The monoisotopic (exact) mass is 468 g/mol. The van der Waals surface area contributed by atoms with Crippen LogP contribution in [0.2, 0.25) is 0 Å². The summed E-state index contributed by atoms with van der Waals surface area (Å²) in [7, 11) is 0. The fourth-order valence-electron chi connectivity index (χ4n) is 5.46. The summed E-state index contributed by atoms with van der Waals surface area (Å²) >= 11 is 0. The highest BCUT2D eigenvalue weighted by atomic mass is 16.5. The summed E-state index contributed by atoms with van der Waals surface area (Å²) in [6.07, 6.45) is 6.51. The van der Waals surface area contributed by atoms with Crippen molar-refractivity contribution in [1.82, 2.24) is 14.9 Å². The van der Waals surface area contributed by atoms with E-state index in [9.17, 15) is 15.2 Å². The molecule has 1 aromatic heterocycles. The fourth-order valence-corrected chi connectivity index (χ4v) is 5.46. The molecule has 2 heterocycles. The summed E-state index contributed by atoms with van der Waals surface area (Å²) in [5.74, 6) is 0.918. The number of fused-ring (bicyclic) bond motifs is 2. The number of rotatable bonds is 5. The maximum atomic E-state index is 12.0. The molecule has 1 saturated heterocycles. The van der Waals surface area contributed by atoms with Crippen LogP contribution in [-0.2, 0) is 16.6 Å². The molecule has 0 radical (unpaired) electrons. The number of ether oxygens (including phenoxy) is 1. The van der Waals surface area contributed by atoms with Crippen molar-refractivity contribution in [2.75, 3.05) is 19.7 Å². The summed E-state index contributed by atoms with van der Waals surface area (Å²) < 4.78 is 5.72. The van der Waals surface area contributed by atoms with Crippen molar-refractivity contribution in [3.05, 3.63) is 65.5 Å². The third-order valence-electron chi connectivity index (χ3n) is 7.13. The first-order chi connectivity index (χ1) is 16.9. The number of aromatic nitrogens is 2. The van der Waals surface area contributed by atoms with Gasteiger partial charge in [0, 0.05) is 42.0 Å². The molecule has 0 saturated carbocycles. The third kappa shape index (κ3) is 4.15. The lowest BCUT2D eigenvalue weighted by molar-refractivity contribution is -0.133. The molecule has 0 bridgehead atoms. The first kappa shape index (κ1) is 23.0. The summed E-state index contributed by atoms with van der Waals surface area (Å²) in [6.45, 7) is 4.77. The number of aliphatic hydroxyl groups excluding tert-OH is 1. The van der Waals surface area contributed by atoms with Crippen LogP contribution in [0.1, 0.15) is 43.4 Å². The Morgan fingerprint density at radius 1 is 1.20 bits per heavy atom. The molecule has 178 valence electrons. The SMILES string of the molecule is CC(C)Oc1ccc(-c2ncc(-c3cccc4c3CCC43CCN(C(=O)CO)C3)cn2)cc1C#N. The van der Waals surface area contributed by atoms with Crippen molar-refractivity contribution in [1.29, 1.82) is 5.26 Å². The lowest BCUT2D eigenvalue weighted by Crippen LogP contribution is -2.34. The third-order valence-corrected chi connectivity index (χ3v) is 7.13. The summed E-state index contributed by atoms with van der Waals surface area (Å²) in [4.78, 5) is 23.0. The van der Waals surface area contributed by atoms with Crippen molar-refractivity contribution in [2.24, 2.45) is 0 Å². The van der Waals surface area contributed by atoms with Gasteiger partial charge in [0.2, 0.25) is 5.91 Å². The maximum absolute atomic E-state index is 12.0. The maximum Gasteiger partial charge on any atom is 0.248 e. The molecule has 2 aromatic carbocycles. The molecule has 1 unspecified atom stereocenters. The first-order valence-corrected chi connectivity index (χ1v) is 12.0. The molecule has 1 amide bonds. The molecule has 2 aliphatic rings. The molecule has 35 heavy (non-hydrogen) atoms. The van der Waals surface area contributed by atoms with Gasteiger partial charge < -0.3 is 14.7 Å². The largest absolute Gasteiger partial charge is 0.490 e. The average molecular weight is 469 g/mol. The van der Waals surface area contributed by atoms with E-state index in [0.29, 0.717) is 30.2 Å². The van der Waals surface area contributed by atoms with E-state index in [1.165, 1.54) is 11.1 Å². The molecule has 1 aliphatic heterocycles. The van der Waals surface area contributed by atoms with Crippen molar-refractivity contribution in [2.45, 2.75) is 44.6 Å². The van der Waals surface area contributed by atoms with E-state index in [1.54, 1.807) is 17.0 Å². The number of nitriles is 1. The van der Waals surface area contributed by atoms with Gasteiger partial charge in [0.25, 0.3) is 0 Å². The molecule has 1 aliphatic carbocycles. The number of amides is 1. The quantitative estimate of drug-likeness (QED) is 0.610. The van der Waals surface area contributed by atoms with Crippen molar-refractivity contribution in [3.8, 4) is 34.3 Å². The van der Waals surface area contributed by atoms with E-state index < -0.39 is 6.61 Å². The Bertz CT molecular complexity index is 1310. The highest BCUT2D eigenvalue weighted by molar-refractivity contribution is 5.78. The summed E-state index contributed by atoms with van der Waals surface area (Å²) in [5, 5.41) is 18.8. The van der Waals surface area contributed by atoms with E-state index in [4.69, 9.17) is 4.74 Å². The number of hydrogen-bond donors (Lipinski definition) is 1. The van der Waals surface area contributed by atoms with Gasteiger partial charge >= 0.3 is 0 Å². The predicted molar refractivity (Wildman–Crippen MR) is 132 cm³/mol. The van der Waals surface area contributed by atoms with Crippen LogP contribution in [-0.4, -0.2) is 51.7 Å². The molecule has 1 N–H and O–H groups in total. The Morgan fingerprint density at radius 2 is 2.00 bits per heavy atom. The minimum atomic E-state index is -0.435. The second-order valence-electron chi connectivity index (χ2n) is 9.62. The van der Waals surface area contributed by atoms with Crippen molar-refractivity contribution >= 4 is 5.91 Å². The molecule has 3 aromatic rings. The second-order valence-corrected chi connectivity index (χ2v) is 9.62. The number of hydrogen-bond acceptors (Lipinski definition) is 6. The van der Waals surface area contributed by atoms with E-state index in [-0.39, 0.29) is 17.4 Å². The van der Waals surface area contributed by atoms with Gasteiger partial charge in [-0.25, -0.2) is 9.97 Å². The molecule has 7 nitrogen and oxygen atoms in total. The van der Waals surface area contributed by atoms with Crippen LogP contribution in [0.3, 0.4) is 0 Å². The zero-order chi connectivity index (χ0) is 24.6. The highest BCUT2D eigenvalue weighted by Gasteiger charge is 2.45. The first-order valence-electron chi connectivity index (χ1n) is 12.0. The number of likely N-dealkylation sites (tertiary alicyclic amines) is 1. The normalized spacial score (nSPS) is 18.7. The Labute approximate surface area is 205 Å². The molecular weight excluding hydrogens is 440 g/mol. The van der Waals surface area contributed by atoms with Gasteiger partial charge in [0.15, 0.2) is 5.82 Å². The second kappa shape index (κ2) is 9.12. The average Bonchev–Trinajstić information content (AvgIpc) is 3.48. The van der Waals surface area contributed by atoms with E-state index in [0.717, 1.165) is 36.0 Å². The van der Waals surface area contributed by atoms with E-state index in [1.807, 2.05) is 32.3 Å². The van der Waals surface area contributed by atoms with Gasteiger partial charge in [-0.3, -0.25) is 4.79 Å². The van der Waals surface area contributed by atoms with Gasteiger partial charge in [0.05, 0.1) is 11.7 Å². The highest BCUT2D eigenvalue weighted by Crippen LogP contribution is 2.48. The Balaban J connectivity index is 1.42. The number of carbonyl (C=O) groups is 1. The molecule has 7 heteroatoms. The van der Waals surface area contributed by atoms with Crippen molar-refractivity contribution < 1.29 is 14.6 Å². The van der Waals surface area contributed by atoms with Crippen LogP contribution >= 0.6 is 0 Å². The lowest BCUT2D eigenvalue weighted by Gasteiger charge is -2.25. The van der Waals surface area contributed by atoms with E-state index >= 15 is 0 Å². The minimum absolute atomic E-state index is 0.0160. The van der Waals surface area contributed by atoms with Gasteiger partial charge in [-0.05, 0) is 68.0 Å². The van der Waals surface area contributed by atoms with Crippen molar-refractivity contribution in [3.63, 3.8) is 0 Å². The van der Waals surface area contributed by atoms with Crippen LogP contribution in [0.25, 0.3) is 22.5 Å². The van der Waals surface area contributed by atoms with Crippen LogP contribution in [0.4, 0.5) is 0 Å². The topological polar surface area (TPSA) is 99.3 Å². The zero-order valence-corrected chi connectivity index (χ0v) is 20.0. The summed E-state index contributed by atoms with van der Waals surface area (Å²) in [5.41, 5.74) is 5.85. The fraction of sp³-hybridized carbons (Fsp3) is 0.357. The zero-order valence-electron chi connectivity index (χ0n) is 20.0. The molecule has 1 spiro atoms. The Morgan fingerprint density at radius 3 is 2.71 bits per heavy atom. The van der Waals surface area contributed by atoms with Gasteiger partial charge in [-0.2, -0.15) is 5.26 Å². The molecule has 1 fully saturated rings. The van der Waals surface area contributed by atoms with Gasteiger partial charge in [-0.1, -0.05) is 18.2 Å². The van der Waals surface area contributed by atoms with Crippen LogP contribution in [0.15, 0.2) is 48.8 Å². The Kier molecular flexibility index (Phi) is 6.00. The van der Waals surface area contributed by atoms with Crippen LogP contribution in [0.5, 0.6) is 5.75 Å². The predicted octanol–water partition coefficient (Wildman–Crippen LogP) is 3.88. The van der Waals surface area contributed by atoms with Gasteiger partial charge in [0.1, 0.15) is 18.4 Å². The number of carbonyl (C=O) groups excluding carboxylic acids is 1. The van der Waals surface area contributed by atoms with E-state index in [2.05, 4.69) is 34.2 Å². The van der Waals surface area contributed by atoms with Crippen LogP contribution < -0.4 is 4.74 Å². The van der Waals surface area contributed by atoms with Gasteiger partial charge in [-0.15, -0.1) is 0 Å². The smallest absolute Gasteiger partial charge is 0.248 e. The standard InChI is InChI=1S/C28H28N4O3/c1-18(2)35-25-7-6-19(12-20(25)13-29)27-30-14-21(15-31-27)22-4-3-5-24-23(22)8-9-28(24)10-11-32(17-28)26(34)16-33/h3-7,12,14-15,18,33H,8-11,16-17H2,1-2H3. The lowest BCUT2D eigenvalue weighted by atomic mass is 9.80. The number of nitrogens with zero attached hydrogens (tertiary/aromatic N) is 4.